The van der Waals surface area contributed by atoms with E-state index >= 15 is 0 Å². The summed E-state index contributed by atoms with van der Waals surface area (Å²) in [7, 11) is 1.57. The molecule has 0 bridgehead atoms. The lowest BCUT2D eigenvalue weighted by Crippen LogP contribution is -2.20. The number of carbonyl (C=O) groups is 1. The topological polar surface area (TPSA) is 68.4 Å². The molecule has 0 radical (unpaired) electrons. The highest BCUT2D eigenvalue weighted by atomic mass is 32.1. The molecule has 1 aromatic heterocycles. The van der Waals surface area contributed by atoms with Crippen LogP contribution in [-0.2, 0) is 9.53 Å². The van der Waals surface area contributed by atoms with Gasteiger partial charge in [-0.25, -0.2) is 4.79 Å². The molecule has 0 unspecified atom stereocenters. The van der Waals surface area contributed by atoms with Crippen LogP contribution in [-0.4, -0.2) is 24.7 Å². The maximum atomic E-state index is 11.9. The number of aromatic amines is 1. The predicted molar refractivity (Wildman–Crippen MR) is 81.8 cm³/mol. The molecule has 6 heteroatoms. The van der Waals surface area contributed by atoms with Crippen molar-refractivity contribution >= 4 is 29.5 Å². The van der Waals surface area contributed by atoms with Crippen molar-refractivity contribution in [2.45, 2.75) is 6.92 Å². The van der Waals surface area contributed by atoms with Crippen LogP contribution in [0.1, 0.15) is 12.5 Å². The van der Waals surface area contributed by atoms with E-state index in [1.165, 1.54) is 17.4 Å². The quantitative estimate of drug-likeness (QED) is 0.841. The van der Waals surface area contributed by atoms with E-state index in [0.717, 1.165) is 5.56 Å². The Hall–Kier alpha value is -2.34. The zero-order chi connectivity index (χ0) is 15.2. The molecule has 0 atom stereocenters. The molecule has 1 aromatic carbocycles. The van der Waals surface area contributed by atoms with Crippen molar-refractivity contribution < 1.29 is 14.3 Å². The first-order valence-electron chi connectivity index (χ1n) is 6.36. The molecule has 0 aliphatic heterocycles. The number of H-pyrrole nitrogens is 1. The third kappa shape index (κ3) is 3.82. The summed E-state index contributed by atoms with van der Waals surface area (Å²) >= 11 is 1.19. The van der Waals surface area contributed by atoms with Crippen LogP contribution in [0.3, 0.4) is 0 Å². The normalized spacial score (nSPS) is 12.5. The van der Waals surface area contributed by atoms with Crippen molar-refractivity contribution in [1.82, 2.24) is 4.98 Å². The minimum absolute atomic E-state index is 0.249. The number of aromatic nitrogens is 1. The van der Waals surface area contributed by atoms with E-state index in [9.17, 15) is 9.59 Å². The Balaban J connectivity index is 2.46. The molecule has 0 aliphatic rings. The van der Waals surface area contributed by atoms with Gasteiger partial charge in [-0.15, -0.1) is 11.3 Å². The summed E-state index contributed by atoms with van der Waals surface area (Å²) in [5.74, 6) is 0.208. The molecule has 0 amide bonds. The van der Waals surface area contributed by atoms with Crippen LogP contribution in [0, 0.1) is 0 Å². The highest BCUT2D eigenvalue weighted by Gasteiger charge is 2.01. The number of ether oxygens (including phenoxy) is 2. The summed E-state index contributed by atoms with van der Waals surface area (Å²) in [5, 5.41) is 0. The van der Waals surface area contributed by atoms with E-state index in [1.807, 2.05) is 24.3 Å². The van der Waals surface area contributed by atoms with Gasteiger partial charge in [-0.05, 0) is 19.1 Å². The Morgan fingerprint density at radius 1 is 1.38 bits per heavy atom. The second-order valence-corrected chi connectivity index (χ2v) is 5.15. The fourth-order valence-electron chi connectivity index (χ4n) is 1.74. The maximum absolute atomic E-state index is 11.9. The van der Waals surface area contributed by atoms with Crippen LogP contribution in [0.2, 0.25) is 0 Å². The third-order valence-electron chi connectivity index (χ3n) is 2.64. The second-order valence-electron chi connectivity index (χ2n) is 4.07. The standard InChI is InChI=1S/C15H15NO4S/c1-3-20-14(17)9-13-16-15(18)12(21-13)8-10-6-4-5-7-11(10)19-2/h4-9H,3H2,1-2H3,(H,16,18). The number of hydrogen-bond donors (Lipinski definition) is 1. The predicted octanol–water partition coefficient (Wildman–Crippen LogP) is 0.617. The van der Waals surface area contributed by atoms with E-state index < -0.39 is 5.97 Å². The van der Waals surface area contributed by atoms with E-state index in [0.29, 0.717) is 21.6 Å². The van der Waals surface area contributed by atoms with Crippen LogP contribution in [0.4, 0.5) is 0 Å². The van der Waals surface area contributed by atoms with Gasteiger partial charge in [-0.3, -0.25) is 4.79 Å². The molecule has 5 nitrogen and oxygen atoms in total. The Kier molecular flexibility index (Phi) is 4.94. The SMILES string of the molecule is CCOC(=O)C=c1[nH]c(=O)c(=Cc2ccccc2OC)s1. The van der Waals surface area contributed by atoms with Crippen molar-refractivity contribution in [3.05, 3.63) is 49.4 Å². The third-order valence-corrected chi connectivity index (χ3v) is 3.60. The molecule has 0 saturated heterocycles. The van der Waals surface area contributed by atoms with E-state index in [-0.39, 0.29) is 5.56 Å². The monoisotopic (exact) mass is 305 g/mol. The smallest absolute Gasteiger partial charge is 0.333 e. The molecule has 110 valence electrons. The van der Waals surface area contributed by atoms with Crippen LogP contribution in [0.25, 0.3) is 12.2 Å². The minimum Gasteiger partial charge on any atom is -0.496 e. The molecule has 21 heavy (non-hydrogen) atoms. The first-order chi connectivity index (χ1) is 10.1. The molecule has 2 aromatic rings. The number of benzene rings is 1. The van der Waals surface area contributed by atoms with Crippen LogP contribution in [0.5, 0.6) is 5.75 Å². The second kappa shape index (κ2) is 6.90. The highest BCUT2D eigenvalue weighted by Crippen LogP contribution is 2.17. The summed E-state index contributed by atoms with van der Waals surface area (Å²) < 4.78 is 11.0. The van der Waals surface area contributed by atoms with Gasteiger partial charge in [0.25, 0.3) is 5.56 Å². The van der Waals surface area contributed by atoms with E-state index in [4.69, 9.17) is 9.47 Å². The fourth-order valence-corrected chi connectivity index (χ4v) is 2.61. The summed E-state index contributed by atoms with van der Waals surface area (Å²) in [4.78, 5) is 25.9. The zero-order valence-electron chi connectivity index (χ0n) is 11.7. The van der Waals surface area contributed by atoms with E-state index in [2.05, 4.69) is 4.98 Å². The molecule has 0 saturated carbocycles. The number of nitrogens with one attached hydrogen (secondary N) is 1. The number of thiazole rings is 1. The van der Waals surface area contributed by atoms with Gasteiger partial charge in [0.2, 0.25) is 0 Å². The fraction of sp³-hybridized carbons (Fsp3) is 0.200. The lowest BCUT2D eigenvalue weighted by Gasteiger charge is -2.02. The molecule has 2 rings (SSSR count). The lowest BCUT2D eigenvalue weighted by molar-refractivity contribution is -0.135. The van der Waals surface area contributed by atoms with Crippen molar-refractivity contribution in [1.29, 1.82) is 0 Å². The van der Waals surface area contributed by atoms with Crippen LogP contribution in [0.15, 0.2) is 29.1 Å². The Labute approximate surface area is 125 Å². The van der Waals surface area contributed by atoms with Gasteiger partial charge in [0.05, 0.1) is 24.3 Å². The number of methoxy groups -OCH3 is 1. The number of esters is 1. The summed E-state index contributed by atoms with van der Waals surface area (Å²) in [6, 6.07) is 7.39. The summed E-state index contributed by atoms with van der Waals surface area (Å²) in [6.07, 6.45) is 3.00. The molecule has 0 fully saturated rings. The number of rotatable bonds is 4. The van der Waals surface area contributed by atoms with Gasteiger partial charge in [-0.1, -0.05) is 18.2 Å². The molecule has 1 N–H and O–H groups in total. The average molecular weight is 305 g/mol. The largest absolute Gasteiger partial charge is 0.496 e. The van der Waals surface area contributed by atoms with Gasteiger partial charge >= 0.3 is 5.97 Å². The molecular weight excluding hydrogens is 290 g/mol. The number of carbonyl (C=O) groups excluding carboxylic acids is 1. The average Bonchev–Trinajstić information content (AvgIpc) is 2.79. The van der Waals surface area contributed by atoms with Gasteiger partial charge in [-0.2, -0.15) is 0 Å². The van der Waals surface area contributed by atoms with Crippen LogP contribution >= 0.6 is 11.3 Å². The van der Waals surface area contributed by atoms with Crippen LogP contribution < -0.4 is 19.5 Å². The van der Waals surface area contributed by atoms with Crippen molar-refractivity contribution in [3.8, 4) is 5.75 Å². The first kappa shape index (κ1) is 15.1. The van der Waals surface area contributed by atoms with Crippen molar-refractivity contribution in [3.63, 3.8) is 0 Å². The zero-order valence-corrected chi connectivity index (χ0v) is 12.5. The van der Waals surface area contributed by atoms with Gasteiger partial charge in [0, 0.05) is 5.56 Å². The summed E-state index contributed by atoms with van der Waals surface area (Å²) in [5.41, 5.74) is 0.552. The van der Waals surface area contributed by atoms with Crippen molar-refractivity contribution in [2.75, 3.05) is 13.7 Å². The minimum atomic E-state index is -0.473. The Morgan fingerprint density at radius 3 is 2.86 bits per heavy atom. The van der Waals surface area contributed by atoms with Gasteiger partial charge in [0.15, 0.2) is 0 Å². The van der Waals surface area contributed by atoms with Gasteiger partial charge < -0.3 is 14.5 Å². The molecular formula is C15H15NO4S. The Bertz CT molecular complexity index is 804. The highest BCUT2D eigenvalue weighted by molar-refractivity contribution is 7.07. The molecule has 1 heterocycles. The maximum Gasteiger partial charge on any atom is 0.333 e. The molecule has 0 spiro atoms. The van der Waals surface area contributed by atoms with Crippen molar-refractivity contribution in [2.24, 2.45) is 0 Å². The Morgan fingerprint density at radius 2 is 2.14 bits per heavy atom. The lowest BCUT2D eigenvalue weighted by atomic mass is 10.2. The summed E-state index contributed by atoms with van der Waals surface area (Å²) in [6.45, 7) is 2.02. The van der Waals surface area contributed by atoms with Gasteiger partial charge in [0.1, 0.15) is 10.4 Å². The van der Waals surface area contributed by atoms with E-state index in [1.54, 1.807) is 20.1 Å². The molecule has 0 aliphatic carbocycles. The number of hydrogen-bond acceptors (Lipinski definition) is 5. The number of para-hydroxylation sites is 1. The first-order valence-corrected chi connectivity index (χ1v) is 7.18.